The lowest BCUT2D eigenvalue weighted by Crippen LogP contribution is -2.41. The number of aromatic nitrogens is 2. The van der Waals surface area contributed by atoms with E-state index in [1.54, 1.807) is 12.4 Å². The minimum Gasteiger partial charge on any atom is -0.398 e. The predicted octanol–water partition coefficient (Wildman–Crippen LogP) is 1.54. The Morgan fingerprint density at radius 2 is 1.69 bits per heavy atom. The maximum Gasteiger partial charge on any atom is 0.516 e. The summed E-state index contributed by atoms with van der Waals surface area (Å²) < 4.78 is 12.4. The molecule has 0 radical (unpaired) electrons. The molecule has 0 saturated carbocycles. The second-order valence-electron chi connectivity index (χ2n) is 4.85. The van der Waals surface area contributed by atoms with Gasteiger partial charge in [0, 0.05) is 6.20 Å². The molecule has 0 spiro atoms. The molecule has 1 fully saturated rings. The van der Waals surface area contributed by atoms with Gasteiger partial charge in [0.2, 0.25) is 0 Å². The van der Waals surface area contributed by atoms with Gasteiger partial charge in [-0.05, 0) is 43.6 Å². The third-order valence-electron chi connectivity index (χ3n) is 3.12. The van der Waals surface area contributed by atoms with E-state index in [-0.39, 0.29) is 11.2 Å². The zero-order valence-electron chi connectivity index (χ0n) is 9.82. The lowest BCUT2D eigenvalue weighted by Gasteiger charge is -2.32. The van der Waals surface area contributed by atoms with Crippen molar-refractivity contribution in [3.63, 3.8) is 0 Å². The normalized spacial score (nSPS) is 22.4. The second kappa shape index (κ2) is 3.79. The maximum atomic E-state index is 5.86. The summed E-state index contributed by atoms with van der Waals surface area (Å²) in [6, 6.07) is 0. The van der Waals surface area contributed by atoms with Crippen LogP contribution < -0.4 is 5.59 Å². The fraction of sp³-hybridized carbons (Fsp3) is 0.600. The smallest absolute Gasteiger partial charge is 0.398 e. The third-order valence-corrected chi connectivity index (χ3v) is 3.50. The van der Waals surface area contributed by atoms with E-state index in [1.807, 2.05) is 27.7 Å². The van der Waals surface area contributed by atoms with Crippen LogP contribution in [0.15, 0.2) is 17.0 Å². The summed E-state index contributed by atoms with van der Waals surface area (Å²) >= 11 is 3.28. The molecule has 0 aromatic carbocycles. The monoisotopic (exact) mass is 284 g/mol. The van der Waals surface area contributed by atoms with Crippen LogP contribution in [0.2, 0.25) is 0 Å². The fourth-order valence-electron chi connectivity index (χ4n) is 1.43. The van der Waals surface area contributed by atoms with Gasteiger partial charge in [0.05, 0.1) is 23.0 Å². The highest BCUT2D eigenvalue weighted by molar-refractivity contribution is 9.10. The van der Waals surface area contributed by atoms with Gasteiger partial charge in [-0.15, -0.1) is 0 Å². The van der Waals surface area contributed by atoms with E-state index < -0.39 is 7.12 Å². The molecule has 1 aliphatic rings. The summed E-state index contributed by atoms with van der Waals surface area (Å²) in [5.74, 6) is 0. The molecule has 0 aliphatic carbocycles. The first kappa shape index (κ1) is 12.0. The summed E-state index contributed by atoms with van der Waals surface area (Å²) in [5, 5.41) is 0. The van der Waals surface area contributed by atoms with Gasteiger partial charge < -0.3 is 9.31 Å². The van der Waals surface area contributed by atoms with Gasteiger partial charge >= 0.3 is 7.12 Å². The Morgan fingerprint density at radius 1 is 1.12 bits per heavy atom. The third kappa shape index (κ3) is 2.01. The standard InChI is InChI=1S/C10H14BBrN2O2/c1-9(2)10(3,4)16-11(15-9)7-5-13-6-8(12)14-7/h5-6H,1-4H3. The quantitative estimate of drug-likeness (QED) is 0.734. The van der Waals surface area contributed by atoms with Crippen molar-refractivity contribution in [3.8, 4) is 0 Å². The van der Waals surface area contributed by atoms with Crippen molar-refractivity contribution in [2.24, 2.45) is 0 Å². The Bertz CT molecular complexity index is 396. The summed E-state index contributed by atoms with van der Waals surface area (Å²) in [6.07, 6.45) is 3.29. The molecule has 0 bridgehead atoms. The lowest BCUT2D eigenvalue weighted by atomic mass is 9.85. The first-order chi connectivity index (χ1) is 7.32. The maximum absolute atomic E-state index is 5.86. The molecule has 2 heterocycles. The number of hydrogen-bond donors (Lipinski definition) is 0. The first-order valence-corrected chi connectivity index (χ1v) is 5.94. The van der Waals surface area contributed by atoms with Gasteiger partial charge in [-0.25, -0.2) is 4.98 Å². The summed E-state index contributed by atoms with van der Waals surface area (Å²) in [4.78, 5) is 8.35. The van der Waals surface area contributed by atoms with Gasteiger partial charge in [-0.2, -0.15) is 0 Å². The molecule has 0 atom stereocenters. The van der Waals surface area contributed by atoms with Crippen molar-refractivity contribution < 1.29 is 9.31 Å². The lowest BCUT2D eigenvalue weighted by molar-refractivity contribution is 0.00578. The van der Waals surface area contributed by atoms with Crippen LogP contribution >= 0.6 is 15.9 Å². The Hall–Kier alpha value is -0.455. The van der Waals surface area contributed by atoms with Crippen molar-refractivity contribution in [1.82, 2.24) is 9.97 Å². The Balaban J connectivity index is 2.27. The SMILES string of the molecule is CC1(C)OB(c2cncc(Br)n2)OC1(C)C. The highest BCUT2D eigenvalue weighted by atomic mass is 79.9. The van der Waals surface area contributed by atoms with E-state index in [0.717, 1.165) is 0 Å². The average Bonchev–Trinajstić information content (AvgIpc) is 2.36. The van der Waals surface area contributed by atoms with Crippen LogP contribution in [0.4, 0.5) is 0 Å². The summed E-state index contributed by atoms with van der Waals surface area (Å²) in [6.45, 7) is 8.05. The van der Waals surface area contributed by atoms with E-state index in [9.17, 15) is 0 Å². The second-order valence-corrected chi connectivity index (χ2v) is 5.67. The van der Waals surface area contributed by atoms with Crippen LogP contribution in [0, 0.1) is 0 Å². The van der Waals surface area contributed by atoms with Crippen molar-refractivity contribution in [3.05, 3.63) is 17.0 Å². The van der Waals surface area contributed by atoms with Crippen molar-refractivity contribution in [1.29, 1.82) is 0 Å². The molecule has 0 N–H and O–H groups in total. The van der Waals surface area contributed by atoms with Gasteiger partial charge in [0.1, 0.15) is 4.60 Å². The molecule has 4 nitrogen and oxygen atoms in total. The minimum absolute atomic E-state index is 0.346. The van der Waals surface area contributed by atoms with E-state index in [4.69, 9.17) is 9.31 Å². The van der Waals surface area contributed by atoms with E-state index >= 15 is 0 Å². The number of rotatable bonds is 1. The van der Waals surface area contributed by atoms with Crippen LogP contribution in [-0.4, -0.2) is 28.3 Å². The van der Waals surface area contributed by atoms with Crippen LogP contribution in [0.3, 0.4) is 0 Å². The van der Waals surface area contributed by atoms with Crippen LogP contribution in [0.5, 0.6) is 0 Å². The highest BCUT2D eigenvalue weighted by Crippen LogP contribution is 2.36. The molecule has 0 unspecified atom stereocenters. The molecule has 1 aliphatic heterocycles. The van der Waals surface area contributed by atoms with Crippen LogP contribution in [0.25, 0.3) is 0 Å². The predicted molar refractivity (Wildman–Crippen MR) is 65.4 cm³/mol. The number of hydrogen-bond acceptors (Lipinski definition) is 4. The molecule has 0 amide bonds. The Morgan fingerprint density at radius 3 is 2.19 bits per heavy atom. The van der Waals surface area contributed by atoms with Crippen molar-refractivity contribution >= 4 is 28.6 Å². The van der Waals surface area contributed by atoms with Gasteiger partial charge in [0.25, 0.3) is 0 Å². The molecule has 2 rings (SSSR count). The molecular weight excluding hydrogens is 271 g/mol. The van der Waals surface area contributed by atoms with Gasteiger partial charge in [-0.3, -0.25) is 4.98 Å². The molecular formula is C10H14BBrN2O2. The largest absolute Gasteiger partial charge is 0.516 e. The number of nitrogens with zero attached hydrogens (tertiary/aromatic N) is 2. The average molecular weight is 285 g/mol. The Kier molecular flexibility index (Phi) is 2.84. The molecule has 1 saturated heterocycles. The highest BCUT2D eigenvalue weighted by Gasteiger charge is 2.52. The Labute approximate surface area is 104 Å². The van der Waals surface area contributed by atoms with E-state index in [2.05, 4.69) is 25.9 Å². The van der Waals surface area contributed by atoms with E-state index in [0.29, 0.717) is 10.2 Å². The molecule has 1 aromatic heterocycles. The van der Waals surface area contributed by atoms with Crippen molar-refractivity contribution in [2.45, 2.75) is 38.9 Å². The molecule has 86 valence electrons. The van der Waals surface area contributed by atoms with Gasteiger partial charge in [-0.1, -0.05) is 0 Å². The fourth-order valence-corrected chi connectivity index (χ4v) is 1.76. The summed E-state index contributed by atoms with van der Waals surface area (Å²) in [5.41, 5.74) is -0.00316. The summed E-state index contributed by atoms with van der Waals surface area (Å²) in [7, 11) is -0.449. The van der Waals surface area contributed by atoms with Gasteiger partial charge in [0.15, 0.2) is 0 Å². The molecule has 1 aromatic rings. The molecule has 16 heavy (non-hydrogen) atoms. The topological polar surface area (TPSA) is 44.2 Å². The van der Waals surface area contributed by atoms with Crippen molar-refractivity contribution in [2.75, 3.05) is 0 Å². The van der Waals surface area contributed by atoms with Crippen LogP contribution in [-0.2, 0) is 9.31 Å². The van der Waals surface area contributed by atoms with E-state index in [1.165, 1.54) is 0 Å². The zero-order chi connectivity index (χ0) is 12.0. The minimum atomic E-state index is -0.449. The van der Waals surface area contributed by atoms with Crippen LogP contribution in [0.1, 0.15) is 27.7 Å². The zero-order valence-corrected chi connectivity index (χ0v) is 11.4. The number of halogens is 1. The first-order valence-electron chi connectivity index (χ1n) is 5.15. The molecule has 6 heteroatoms.